The van der Waals surface area contributed by atoms with Gasteiger partial charge in [0, 0.05) is 13.1 Å². The second kappa shape index (κ2) is 5.50. The summed E-state index contributed by atoms with van der Waals surface area (Å²) in [5, 5.41) is 3.50. The van der Waals surface area contributed by atoms with Crippen molar-refractivity contribution in [3.63, 3.8) is 0 Å². The molecule has 2 nitrogen and oxygen atoms in total. The van der Waals surface area contributed by atoms with Gasteiger partial charge in [-0.3, -0.25) is 0 Å². The van der Waals surface area contributed by atoms with Crippen molar-refractivity contribution in [1.82, 2.24) is 10.2 Å². The van der Waals surface area contributed by atoms with E-state index < -0.39 is 0 Å². The molecule has 1 saturated heterocycles. The molecule has 0 aromatic carbocycles. The molecule has 2 aliphatic rings. The van der Waals surface area contributed by atoms with Crippen LogP contribution in [0.4, 0.5) is 0 Å². The van der Waals surface area contributed by atoms with E-state index in [1.54, 1.807) is 0 Å². The summed E-state index contributed by atoms with van der Waals surface area (Å²) >= 11 is 0. The maximum absolute atomic E-state index is 3.50. The fourth-order valence-corrected chi connectivity index (χ4v) is 3.54. The first-order chi connectivity index (χ1) is 7.78. The van der Waals surface area contributed by atoms with Crippen molar-refractivity contribution in [3.05, 3.63) is 0 Å². The molecule has 2 heteroatoms. The summed E-state index contributed by atoms with van der Waals surface area (Å²) < 4.78 is 0. The summed E-state index contributed by atoms with van der Waals surface area (Å²) in [7, 11) is 0. The van der Waals surface area contributed by atoms with E-state index in [-0.39, 0.29) is 0 Å². The van der Waals surface area contributed by atoms with Crippen molar-refractivity contribution in [3.8, 4) is 0 Å². The standard InChI is InChI=1S/C14H28N2/c1-3-9-16-11-14(12-16)7-5-13(6-8-14)10-15-4-2/h13,15H,3-12H2,1-2H3. The third-order valence-electron chi connectivity index (χ3n) is 4.51. The average Bonchev–Trinajstić information content (AvgIpc) is 2.26. The molecule has 1 heterocycles. The van der Waals surface area contributed by atoms with Crippen LogP contribution in [-0.4, -0.2) is 37.6 Å². The van der Waals surface area contributed by atoms with E-state index >= 15 is 0 Å². The lowest BCUT2D eigenvalue weighted by Gasteiger charge is -2.53. The van der Waals surface area contributed by atoms with Crippen molar-refractivity contribution in [2.24, 2.45) is 11.3 Å². The van der Waals surface area contributed by atoms with Gasteiger partial charge in [0.15, 0.2) is 0 Å². The Hall–Kier alpha value is -0.0800. The molecular formula is C14H28N2. The van der Waals surface area contributed by atoms with Gasteiger partial charge in [0.2, 0.25) is 0 Å². The molecular weight excluding hydrogens is 196 g/mol. The minimum atomic E-state index is 0.748. The second-order valence-electron chi connectivity index (χ2n) is 5.96. The summed E-state index contributed by atoms with van der Waals surface area (Å²) in [4.78, 5) is 2.64. The van der Waals surface area contributed by atoms with Crippen molar-refractivity contribution in [2.75, 3.05) is 32.7 Å². The molecule has 0 radical (unpaired) electrons. The van der Waals surface area contributed by atoms with E-state index in [0.29, 0.717) is 0 Å². The Morgan fingerprint density at radius 1 is 1.19 bits per heavy atom. The first-order valence-electron chi connectivity index (χ1n) is 7.21. The topological polar surface area (TPSA) is 15.3 Å². The van der Waals surface area contributed by atoms with Gasteiger partial charge in [-0.15, -0.1) is 0 Å². The van der Waals surface area contributed by atoms with Gasteiger partial charge in [-0.25, -0.2) is 0 Å². The zero-order valence-corrected chi connectivity index (χ0v) is 11.1. The van der Waals surface area contributed by atoms with Crippen LogP contribution in [0, 0.1) is 11.3 Å². The molecule has 0 aromatic rings. The highest BCUT2D eigenvalue weighted by atomic mass is 15.2. The smallest absolute Gasteiger partial charge is 0.00505 e. The van der Waals surface area contributed by atoms with Gasteiger partial charge in [0.1, 0.15) is 0 Å². The first-order valence-corrected chi connectivity index (χ1v) is 7.21. The summed E-state index contributed by atoms with van der Waals surface area (Å²) in [6.45, 7) is 11.0. The highest BCUT2D eigenvalue weighted by molar-refractivity contribution is 4.97. The fraction of sp³-hybridized carbons (Fsp3) is 1.00. The van der Waals surface area contributed by atoms with Crippen molar-refractivity contribution >= 4 is 0 Å². The SMILES string of the molecule is CCCN1CC2(CCC(CNCC)CC2)C1. The van der Waals surface area contributed by atoms with Crippen LogP contribution in [0.15, 0.2) is 0 Å². The fourth-order valence-electron chi connectivity index (χ4n) is 3.54. The number of nitrogens with zero attached hydrogens (tertiary/aromatic N) is 1. The van der Waals surface area contributed by atoms with Crippen LogP contribution in [0.25, 0.3) is 0 Å². The molecule has 0 unspecified atom stereocenters. The van der Waals surface area contributed by atoms with Gasteiger partial charge >= 0.3 is 0 Å². The average molecular weight is 224 g/mol. The second-order valence-corrected chi connectivity index (χ2v) is 5.96. The van der Waals surface area contributed by atoms with Crippen LogP contribution >= 0.6 is 0 Å². The Morgan fingerprint density at radius 2 is 1.88 bits per heavy atom. The van der Waals surface area contributed by atoms with Crippen molar-refractivity contribution < 1.29 is 0 Å². The summed E-state index contributed by atoms with van der Waals surface area (Å²) in [6.07, 6.45) is 7.23. The van der Waals surface area contributed by atoms with Crippen molar-refractivity contribution in [2.45, 2.75) is 46.0 Å². The molecule has 1 aliphatic heterocycles. The van der Waals surface area contributed by atoms with Crippen LogP contribution in [0.1, 0.15) is 46.0 Å². The Morgan fingerprint density at radius 3 is 2.44 bits per heavy atom. The van der Waals surface area contributed by atoms with Crippen LogP contribution in [0.5, 0.6) is 0 Å². The summed E-state index contributed by atoms with van der Waals surface area (Å²) in [6, 6.07) is 0. The third-order valence-corrected chi connectivity index (χ3v) is 4.51. The van der Waals surface area contributed by atoms with E-state index in [1.165, 1.54) is 58.3 Å². The zero-order chi connectivity index (χ0) is 11.4. The molecule has 1 aliphatic carbocycles. The zero-order valence-electron chi connectivity index (χ0n) is 11.1. The monoisotopic (exact) mass is 224 g/mol. The maximum Gasteiger partial charge on any atom is 0.00505 e. The summed E-state index contributed by atoms with van der Waals surface area (Å²) in [5.41, 5.74) is 0.748. The highest BCUT2D eigenvalue weighted by Gasteiger charge is 2.44. The molecule has 1 spiro atoms. The molecule has 1 N–H and O–H groups in total. The van der Waals surface area contributed by atoms with E-state index in [0.717, 1.165) is 17.9 Å². The Bertz CT molecular complexity index is 199. The minimum Gasteiger partial charge on any atom is -0.317 e. The highest BCUT2D eigenvalue weighted by Crippen LogP contribution is 2.45. The van der Waals surface area contributed by atoms with Crippen LogP contribution in [0.2, 0.25) is 0 Å². The largest absolute Gasteiger partial charge is 0.317 e. The number of hydrogen-bond donors (Lipinski definition) is 1. The lowest BCUT2D eigenvalue weighted by molar-refractivity contribution is -0.0373. The summed E-state index contributed by atoms with van der Waals surface area (Å²) in [5.74, 6) is 0.964. The van der Waals surface area contributed by atoms with E-state index in [2.05, 4.69) is 24.1 Å². The quantitative estimate of drug-likeness (QED) is 0.772. The van der Waals surface area contributed by atoms with Gasteiger partial charge in [0.25, 0.3) is 0 Å². The lowest BCUT2D eigenvalue weighted by Crippen LogP contribution is -2.57. The molecule has 1 saturated carbocycles. The van der Waals surface area contributed by atoms with Crippen molar-refractivity contribution in [1.29, 1.82) is 0 Å². The van der Waals surface area contributed by atoms with Gasteiger partial charge in [-0.2, -0.15) is 0 Å². The molecule has 2 fully saturated rings. The van der Waals surface area contributed by atoms with E-state index in [4.69, 9.17) is 0 Å². The predicted octanol–water partition coefficient (Wildman–Crippen LogP) is 2.50. The van der Waals surface area contributed by atoms with E-state index in [1.807, 2.05) is 0 Å². The first kappa shape index (κ1) is 12.4. The minimum absolute atomic E-state index is 0.748. The molecule has 0 amide bonds. The Balaban J connectivity index is 1.66. The Labute approximate surface area is 101 Å². The van der Waals surface area contributed by atoms with Gasteiger partial charge in [0.05, 0.1) is 0 Å². The van der Waals surface area contributed by atoms with Gasteiger partial charge in [-0.1, -0.05) is 13.8 Å². The van der Waals surface area contributed by atoms with Gasteiger partial charge < -0.3 is 10.2 Å². The predicted molar refractivity (Wildman–Crippen MR) is 69.7 cm³/mol. The maximum atomic E-state index is 3.50. The van der Waals surface area contributed by atoms with Crippen LogP contribution in [-0.2, 0) is 0 Å². The number of rotatable bonds is 5. The molecule has 2 rings (SSSR count). The molecule has 16 heavy (non-hydrogen) atoms. The molecule has 0 aromatic heterocycles. The molecule has 0 atom stereocenters. The van der Waals surface area contributed by atoms with Gasteiger partial charge in [-0.05, 0) is 63.1 Å². The Kier molecular flexibility index (Phi) is 4.26. The van der Waals surface area contributed by atoms with Crippen LogP contribution < -0.4 is 5.32 Å². The van der Waals surface area contributed by atoms with E-state index in [9.17, 15) is 0 Å². The number of nitrogens with one attached hydrogen (secondary N) is 1. The number of hydrogen-bond acceptors (Lipinski definition) is 2. The third kappa shape index (κ3) is 2.78. The number of likely N-dealkylation sites (tertiary alicyclic amines) is 1. The normalized spacial score (nSPS) is 25.9. The molecule has 0 bridgehead atoms. The van der Waals surface area contributed by atoms with Crippen LogP contribution in [0.3, 0.4) is 0 Å². The molecule has 94 valence electrons. The lowest BCUT2D eigenvalue weighted by atomic mass is 9.66.